The van der Waals surface area contributed by atoms with E-state index in [0.717, 1.165) is 28.6 Å². The number of rotatable bonds is 3. The molecular weight excluding hydrogens is 298 g/mol. The van der Waals surface area contributed by atoms with Crippen LogP contribution < -0.4 is 5.32 Å². The summed E-state index contributed by atoms with van der Waals surface area (Å²) in [6, 6.07) is 11.3. The van der Waals surface area contributed by atoms with Gasteiger partial charge in [-0.15, -0.1) is 0 Å². The maximum Gasteiger partial charge on any atom is 0.221 e. The zero-order valence-corrected chi connectivity index (χ0v) is 13.0. The molecule has 1 amide bonds. The van der Waals surface area contributed by atoms with Crippen LogP contribution in [0.2, 0.25) is 0 Å². The van der Waals surface area contributed by atoms with E-state index >= 15 is 0 Å². The van der Waals surface area contributed by atoms with E-state index in [9.17, 15) is 4.79 Å². The molecule has 0 spiro atoms. The van der Waals surface area contributed by atoms with Crippen molar-refractivity contribution < 1.29 is 9.21 Å². The van der Waals surface area contributed by atoms with Crippen molar-refractivity contribution in [2.75, 3.05) is 5.32 Å². The van der Waals surface area contributed by atoms with E-state index in [2.05, 4.69) is 10.3 Å². The molecule has 2 aromatic heterocycles. The number of nitrogens with zero attached hydrogens (tertiary/aromatic N) is 1. The number of benzene rings is 1. The highest BCUT2D eigenvalue weighted by atomic mass is 32.1. The van der Waals surface area contributed by atoms with Crippen LogP contribution in [0.15, 0.2) is 47.0 Å². The Kier molecular flexibility index (Phi) is 3.68. The number of hydrogen-bond donors (Lipinski definition) is 2. The maximum atomic E-state index is 11.0. The largest absolute Gasteiger partial charge is 0.460 e. The second-order valence-electron chi connectivity index (χ2n) is 4.98. The molecule has 1 aromatic carbocycles. The Morgan fingerprint density at radius 1 is 1.23 bits per heavy atom. The number of H-pyrrole nitrogens is 1. The zero-order valence-electron chi connectivity index (χ0n) is 12.2. The Labute approximate surface area is 132 Å². The van der Waals surface area contributed by atoms with E-state index in [1.807, 2.05) is 54.1 Å². The van der Waals surface area contributed by atoms with Crippen LogP contribution in [-0.2, 0) is 4.79 Å². The van der Waals surface area contributed by atoms with Gasteiger partial charge in [-0.1, -0.05) is 0 Å². The maximum absolute atomic E-state index is 11.0. The van der Waals surface area contributed by atoms with E-state index < -0.39 is 0 Å². The minimum atomic E-state index is -0.0959. The Morgan fingerprint density at radius 2 is 1.95 bits per heavy atom. The number of carbonyl (C=O) groups is 1. The fourth-order valence-electron chi connectivity index (χ4n) is 2.20. The number of imidazole rings is 1. The summed E-state index contributed by atoms with van der Waals surface area (Å²) >= 11 is 5.36. The summed E-state index contributed by atoms with van der Waals surface area (Å²) in [7, 11) is 0. The second kappa shape index (κ2) is 5.65. The third kappa shape index (κ3) is 2.87. The molecule has 0 radical (unpaired) electrons. The minimum Gasteiger partial charge on any atom is -0.460 e. The lowest BCUT2D eigenvalue weighted by Gasteiger charge is -2.05. The molecule has 112 valence electrons. The van der Waals surface area contributed by atoms with Gasteiger partial charge in [0.2, 0.25) is 5.91 Å². The molecule has 3 rings (SSSR count). The van der Waals surface area contributed by atoms with Gasteiger partial charge in [0.25, 0.3) is 0 Å². The number of aromatic nitrogens is 2. The molecule has 0 fully saturated rings. The average Bonchev–Trinajstić information content (AvgIpc) is 3.05. The molecular formula is C16H15N3O2S. The van der Waals surface area contributed by atoms with Gasteiger partial charge in [0.05, 0.1) is 0 Å². The normalized spacial score (nSPS) is 10.6. The Hall–Kier alpha value is -2.60. The van der Waals surface area contributed by atoms with E-state index in [4.69, 9.17) is 16.6 Å². The summed E-state index contributed by atoms with van der Waals surface area (Å²) in [6.45, 7) is 3.38. The molecule has 0 aliphatic rings. The van der Waals surface area contributed by atoms with Crippen molar-refractivity contribution in [1.82, 2.24) is 9.55 Å². The lowest BCUT2D eigenvalue weighted by molar-refractivity contribution is -0.114. The number of hydrogen-bond acceptors (Lipinski definition) is 3. The van der Waals surface area contributed by atoms with Gasteiger partial charge in [-0.05, 0) is 55.5 Å². The molecule has 3 aromatic rings. The fourth-order valence-corrected chi connectivity index (χ4v) is 2.47. The summed E-state index contributed by atoms with van der Waals surface area (Å²) in [4.78, 5) is 14.2. The first-order valence-electron chi connectivity index (χ1n) is 6.79. The summed E-state index contributed by atoms with van der Waals surface area (Å²) in [5.74, 6) is 1.50. The molecule has 2 heterocycles. The summed E-state index contributed by atoms with van der Waals surface area (Å²) in [5.41, 5.74) is 2.48. The van der Waals surface area contributed by atoms with Crippen molar-refractivity contribution in [3.63, 3.8) is 0 Å². The van der Waals surface area contributed by atoms with Crippen molar-refractivity contribution in [1.29, 1.82) is 0 Å². The second-order valence-corrected chi connectivity index (χ2v) is 5.37. The van der Waals surface area contributed by atoms with Crippen molar-refractivity contribution in [3.05, 3.63) is 53.1 Å². The average molecular weight is 313 g/mol. The third-order valence-corrected chi connectivity index (χ3v) is 3.49. The molecule has 0 atom stereocenters. The van der Waals surface area contributed by atoms with Crippen molar-refractivity contribution in [3.8, 4) is 17.1 Å². The van der Waals surface area contributed by atoms with Crippen molar-refractivity contribution >= 4 is 23.8 Å². The molecule has 0 unspecified atom stereocenters. The SMILES string of the molecule is CC(=O)Nc1ccc(-n2cc(-c3ccc(C)o3)[nH]c2=S)cc1. The number of anilines is 1. The highest BCUT2D eigenvalue weighted by Crippen LogP contribution is 2.22. The van der Waals surface area contributed by atoms with Gasteiger partial charge < -0.3 is 14.7 Å². The number of aryl methyl sites for hydroxylation is 1. The van der Waals surface area contributed by atoms with Crippen molar-refractivity contribution in [2.45, 2.75) is 13.8 Å². The van der Waals surface area contributed by atoms with E-state index in [0.29, 0.717) is 4.77 Å². The predicted octanol–water partition coefficient (Wildman–Crippen LogP) is 4.06. The standard InChI is InChI=1S/C16H15N3O2S/c1-10-3-8-15(21-10)14-9-19(16(22)18-14)13-6-4-12(5-7-13)17-11(2)20/h3-9H,1-2H3,(H,17,20)(H,18,22). The molecule has 0 bridgehead atoms. The zero-order chi connectivity index (χ0) is 15.7. The molecule has 0 saturated heterocycles. The lowest BCUT2D eigenvalue weighted by Crippen LogP contribution is -2.05. The van der Waals surface area contributed by atoms with Crippen LogP contribution in [0.25, 0.3) is 17.1 Å². The molecule has 22 heavy (non-hydrogen) atoms. The first-order valence-corrected chi connectivity index (χ1v) is 7.20. The number of aromatic amines is 1. The summed E-state index contributed by atoms with van der Waals surface area (Å²) in [6.07, 6.45) is 1.90. The number of carbonyl (C=O) groups excluding carboxylic acids is 1. The first kappa shape index (κ1) is 14.3. The van der Waals surface area contributed by atoms with E-state index in [1.165, 1.54) is 6.92 Å². The van der Waals surface area contributed by atoms with Crippen LogP contribution >= 0.6 is 12.2 Å². The van der Waals surface area contributed by atoms with Crippen LogP contribution in [-0.4, -0.2) is 15.5 Å². The molecule has 0 aliphatic carbocycles. The van der Waals surface area contributed by atoms with Crippen LogP contribution in [0.4, 0.5) is 5.69 Å². The molecule has 0 aliphatic heterocycles. The topological polar surface area (TPSA) is 63.0 Å². The monoisotopic (exact) mass is 313 g/mol. The third-order valence-electron chi connectivity index (χ3n) is 3.19. The Balaban J connectivity index is 1.93. The van der Waals surface area contributed by atoms with Crippen LogP contribution in [0.1, 0.15) is 12.7 Å². The van der Waals surface area contributed by atoms with Crippen molar-refractivity contribution in [2.24, 2.45) is 0 Å². The summed E-state index contributed by atoms with van der Waals surface area (Å²) < 4.78 is 8.04. The molecule has 0 saturated carbocycles. The molecule has 6 heteroatoms. The lowest BCUT2D eigenvalue weighted by atomic mass is 10.2. The first-order chi connectivity index (χ1) is 10.5. The number of nitrogens with one attached hydrogen (secondary N) is 2. The van der Waals surface area contributed by atoms with Gasteiger partial charge in [0.15, 0.2) is 10.5 Å². The van der Waals surface area contributed by atoms with Gasteiger partial charge >= 0.3 is 0 Å². The number of furan rings is 1. The van der Waals surface area contributed by atoms with E-state index in [1.54, 1.807) is 0 Å². The Bertz CT molecular complexity index is 871. The highest BCUT2D eigenvalue weighted by Gasteiger charge is 2.08. The van der Waals surface area contributed by atoms with E-state index in [-0.39, 0.29) is 5.91 Å². The van der Waals surface area contributed by atoms with Gasteiger partial charge in [-0.3, -0.25) is 9.36 Å². The molecule has 2 N–H and O–H groups in total. The van der Waals surface area contributed by atoms with Crippen LogP contribution in [0.3, 0.4) is 0 Å². The van der Waals surface area contributed by atoms with Crippen LogP contribution in [0, 0.1) is 11.7 Å². The highest BCUT2D eigenvalue weighted by molar-refractivity contribution is 7.71. The smallest absolute Gasteiger partial charge is 0.221 e. The minimum absolute atomic E-state index is 0.0959. The van der Waals surface area contributed by atoms with Gasteiger partial charge in [-0.2, -0.15) is 0 Å². The summed E-state index contributed by atoms with van der Waals surface area (Å²) in [5, 5.41) is 2.73. The Morgan fingerprint density at radius 3 is 2.55 bits per heavy atom. The van der Waals surface area contributed by atoms with Gasteiger partial charge in [-0.25, -0.2) is 0 Å². The number of amides is 1. The van der Waals surface area contributed by atoms with Crippen LogP contribution in [0.5, 0.6) is 0 Å². The predicted molar refractivity (Wildman–Crippen MR) is 87.7 cm³/mol. The molecule has 5 nitrogen and oxygen atoms in total. The van der Waals surface area contributed by atoms with Gasteiger partial charge in [0.1, 0.15) is 11.5 Å². The fraction of sp³-hybridized carbons (Fsp3) is 0.125. The quantitative estimate of drug-likeness (QED) is 0.717. The van der Waals surface area contributed by atoms with Gasteiger partial charge in [0, 0.05) is 24.5 Å².